The molecule has 1 heterocycles. The molecule has 162 valence electrons. The number of carbonyl (C=O) groups excluding carboxylic acids is 1. The molecule has 1 amide bonds. The van der Waals surface area contributed by atoms with Crippen molar-refractivity contribution < 1.29 is 22.0 Å². The van der Waals surface area contributed by atoms with Gasteiger partial charge in [0.2, 0.25) is 15.7 Å². The van der Waals surface area contributed by atoms with Crippen molar-refractivity contribution in [2.24, 2.45) is 0 Å². The number of pyridine rings is 1. The van der Waals surface area contributed by atoms with Crippen LogP contribution < -0.4 is 10.9 Å². The fourth-order valence-electron chi connectivity index (χ4n) is 3.19. The van der Waals surface area contributed by atoms with Crippen LogP contribution in [-0.2, 0) is 21.2 Å². The summed E-state index contributed by atoms with van der Waals surface area (Å²) < 4.78 is 54.0. The molecule has 0 aliphatic rings. The quantitative estimate of drug-likeness (QED) is 0.650. The van der Waals surface area contributed by atoms with Gasteiger partial charge in [0, 0.05) is 11.8 Å². The van der Waals surface area contributed by atoms with Crippen LogP contribution in [0.1, 0.15) is 16.8 Å². The number of nitrogens with zero attached hydrogens (tertiary/aromatic N) is 1. The molecule has 6 nitrogen and oxygen atoms in total. The highest BCUT2D eigenvalue weighted by Gasteiger charge is 2.26. The van der Waals surface area contributed by atoms with Gasteiger partial charge >= 0.3 is 0 Å². The van der Waals surface area contributed by atoms with Crippen LogP contribution >= 0.6 is 0 Å². The van der Waals surface area contributed by atoms with E-state index in [9.17, 15) is 26.8 Å². The van der Waals surface area contributed by atoms with E-state index in [1.165, 1.54) is 25.1 Å². The number of aryl methyl sites for hydroxylation is 3. The Morgan fingerprint density at radius 3 is 2.26 bits per heavy atom. The maximum atomic E-state index is 13.8. The Kier molecular flexibility index (Phi) is 6.08. The summed E-state index contributed by atoms with van der Waals surface area (Å²) in [6.07, 6.45) is 0. The SMILES string of the molecule is Cc1ccc(S(=O)(=O)c2c(C)cc(C)n(CC(=O)Nc3ccc(F)cc3F)c2=O)cc1. The molecule has 1 N–H and O–H groups in total. The highest BCUT2D eigenvalue weighted by molar-refractivity contribution is 7.91. The van der Waals surface area contributed by atoms with Crippen molar-refractivity contribution in [1.82, 2.24) is 4.57 Å². The number of sulfone groups is 1. The van der Waals surface area contributed by atoms with Crippen LogP contribution in [0.25, 0.3) is 0 Å². The van der Waals surface area contributed by atoms with E-state index in [1.54, 1.807) is 19.1 Å². The van der Waals surface area contributed by atoms with Crippen LogP contribution in [0.3, 0.4) is 0 Å². The second kappa shape index (κ2) is 8.43. The molecule has 31 heavy (non-hydrogen) atoms. The molecule has 0 saturated heterocycles. The highest BCUT2D eigenvalue weighted by atomic mass is 32.2. The first-order valence-electron chi connectivity index (χ1n) is 9.28. The van der Waals surface area contributed by atoms with Crippen molar-refractivity contribution in [2.75, 3.05) is 5.32 Å². The molecular weight excluding hydrogens is 426 g/mol. The third kappa shape index (κ3) is 4.56. The third-order valence-electron chi connectivity index (χ3n) is 4.76. The van der Waals surface area contributed by atoms with Gasteiger partial charge in [-0.3, -0.25) is 9.59 Å². The largest absolute Gasteiger partial charge is 0.322 e. The minimum atomic E-state index is -4.13. The van der Waals surface area contributed by atoms with Crippen molar-refractivity contribution in [3.05, 3.63) is 87.3 Å². The first-order chi connectivity index (χ1) is 14.5. The molecule has 3 aromatic rings. The van der Waals surface area contributed by atoms with Crippen LogP contribution in [0, 0.1) is 32.4 Å². The normalized spacial score (nSPS) is 11.4. The minimum Gasteiger partial charge on any atom is -0.322 e. The molecule has 3 rings (SSSR count). The maximum absolute atomic E-state index is 13.8. The van der Waals surface area contributed by atoms with Crippen molar-refractivity contribution in [3.63, 3.8) is 0 Å². The summed E-state index contributed by atoms with van der Waals surface area (Å²) in [5.74, 6) is -2.53. The molecule has 0 unspecified atom stereocenters. The van der Waals surface area contributed by atoms with Gasteiger partial charge in [-0.05, 0) is 56.7 Å². The molecule has 0 radical (unpaired) electrons. The fourth-order valence-corrected chi connectivity index (χ4v) is 4.74. The zero-order valence-electron chi connectivity index (χ0n) is 17.1. The minimum absolute atomic E-state index is 0.0356. The number of rotatable bonds is 5. The highest BCUT2D eigenvalue weighted by Crippen LogP contribution is 2.22. The number of amides is 1. The van der Waals surface area contributed by atoms with Crippen molar-refractivity contribution in [3.8, 4) is 0 Å². The predicted molar refractivity (Wildman–Crippen MR) is 112 cm³/mol. The molecule has 0 saturated carbocycles. The van der Waals surface area contributed by atoms with E-state index in [1.807, 2.05) is 6.92 Å². The van der Waals surface area contributed by atoms with Crippen LogP contribution in [0.5, 0.6) is 0 Å². The average Bonchev–Trinajstić information content (AvgIpc) is 2.67. The van der Waals surface area contributed by atoms with E-state index in [0.717, 1.165) is 22.3 Å². The summed E-state index contributed by atoms with van der Waals surface area (Å²) in [6.45, 7) is 4.33. The number of carbonyl (C=O) groups is 1. The number of hydrogen-bond donors (Lipinski definition) is 1. The van der Waals surface area contributed by atoms with E-state index in [-0.39, 0.29) is 16.1 Å². The Labute approximate surface area is 178 Å². The number of nitrogens with one attached hydrogen (secondary N) is 1. The van der Waals surface area contributed by atoms with Crippen molar-refractivity contribution in [2.45, 2.75) is 37.1 Å². The lowest BCUT2D eigenvalue weighted by molar-refractivity contribution is -0.116. The zero-order chi connectivity index (χ0) is 22.9. The second-order valence-corrected chi connectivity index (χ2v) is 9.06. The topological polar surface area (TPSA) is 85.2 Å². The number of benzene rings is 2. The van der Waals surface area contributed by atoms with Gasteiger partial charge in [-0.2, -0.15) is 0 Å². The smallest absolute Gasteiger partial charge is 0.270 e. The number of aromatic nitrogens is 1. The maximum Gasteiger partial charge on any atom is 0.270 e. The predicted octanol–water partition coefficient (Wildman–Crippen LogP) is 3.52. The van der Waals surface area contributed by atoms with Gasteiger partial charge < -0.3 is 9.88 Å². The lowest BCUT2D eigenvalue weighted by Gasteiger charge is -2.15. The van der Waals surface area contributed by atoms with E-state index < -0.39 is 44.4 Å². The van der Waals surface area contributed by atoms with Crippen molar-refractivity contribution >= 4 is 21.4 Å². The van der Waals surface area contributed by atoms with E-state index in [0.29, 0.717) is 11.8 Å². The van der Waals surface area contributed by atoms with Crippen LogP contribution in [0.4, 0.5) is 14.5 Å². The summed E-state index contributed by atoms with van der Waals surface area (Å²) in [6, 6.07) is 10.2. The standard InChI is InChI=1S/C22H20F2N2O4S/c1-13-4-7-17(8-5-13)31(29,30)21-14(2)10-15(3)26(22(21)28)12-20(27)25-19-9-6-16(23)11-18(19)24/h4-11H,12H2,1-3H3,(H,25,27). The first kappa shape index (κ1) is 22.4. The summed E-state index contributed by atoms with van der Waals surface area (Å²) >= 11 is 0. The van der Waals surface area contributed by atoms with Gasteiger partial charge in [0.15, 0.2) is 0 Å². The number of anilines is 1. The molecule has 1 aromatic heterocycles. The van der Waals surface area contributed by atoms with Gasteiger partial charge in [0.25, 0.3) is 5.56 Å². The van der Waals surface area contributed by atoms with E-state index in [4.69, 9.17) is 0 Å². The van der Waals surface area contributed by atoms with Crippen LogP contribution in [0.15, 0.2) is 63.1 Å². The van der Waals surface area contributed by atoms with Crippen molar-refractivity contribution in [1.29, 1.82) is 0 Å². The summed E-state index contributed by atoms with van der Waals surface area (Å²) in [7, 11) is -4.13. The van der Waals surface area contributed by atoms with Gasteiger partial charge in [0.05, 0.1) is 10.6 Å². The molecule has 0 aliphatic carbocycles. The lowest BCUT2D eigenvalue weighted by atomic mass is 10.2. The van der Waals surface area contributed by atoms with Gasteiger partial charge in [-0.1, -0.05) is 17.7 Å². The Hall–Kier alpha value is -3.33. The summed E-state index contributed by atoms with van der Waals surface area (Å²) in [5.41, 5.74) is 0.371. The molecule has 2 aromatic carbocycles. The van der Waals surface area contributed by atoms with Crippen LogP contribution in [0.2, 0.25) is 0 Å². The van der Waals surface area contributed by atoms with E-state index >= 15 is 0 Å². The van der Waals surface area contributed by atoms with Gasteiger partial charge in [-0.15, -0.1) is 0 Å². The summed E-state index contributed by atoms with van der Waals surface area (Å²) in [4.78, 5) is 25.0. The Morgan fingerprint density at radius 2 is 1.65 bits per heavy atom. The van der Waals surface area contributed by atoms with Gasteiger partial charge in [-0.25, -0.2) is 17.2 Å². The molecule has 0 atom stereocenters. The molecule has 0 aliphatic heterocycles. The number of halogens is 2. The Bertz CT molecular complexity index is 1330. The third-order valence-corrected chi connectivity index (χ3v) is 6.68. The lowest BCUT2D eigenvalue weighted by Crippen LogP contribution is -2.33. The Balaban J connectivity index is 2.00. The second-order valence-electron chi connectivity index (χ2n) is 7.18. The molecular formula is C22H20F2N2O4S. The molecule has 9 heteroatoms. The fraction of sp³-hybridized carbons (Fsp3) is 0.182. The average molecular weight is 446 g/mol. The number of hydrogen-bond acceptors (Lipinski definition) is 4. The van der Waals surface area contributed by atoms with Crippen LogP contribution in [-0.4, -0.2) is 18.9 Å². The van der Waals surface area contributed by atoms with Gasteiger partial charge in [0.1, 0.15) is 23.1 Å². The molecule has 0 bridgehead atoms. The first-order valence-corrected chi connectivity index (χ1v) is 10.8. The molecule has 0 spiro atoms. The summed E-state index contributed by atoms with van der Waals surface area (Å²) in [5, 5.41) is 2.26. The zero-order valence-corrected chi connectivity index (χ0v) is 17.9. The monoisotopic (exact) mass is 446 g/mol. The van der Waals surface area contributed by atoms with E-state index in [2.05, 4.69) is 5.32 Å². The Morgan fingerprint density at radius 1 is 1.00 bits per heavy atom. The molecule has 0 fully saturated rings.